The van der Waals surface area contributed by atoms with Gasteiger partial charge >= 0.3 is 5.97 Å². The number of carbonyl (C=O) groups excluding carboxylic acids is 1. The fourth-order valence-electron chi connectivity index (χ4n) is 1.17. The first-order chi connectivity index (χ1) is 8.04. The van der Waals surface area contributed by atoms with E-state index in [2.05, 4.69) is 11.9 Å². The predicted molar refractivity (Wildman–Crippen MR) is 62.8 cm³/mol. The lowest BCUT2D eigenvalue weighted by atomic mass is 10.2. The lowest BCUT2D eigenvalue weighted by Crippen LogP contribution is -2.16. The summed E-state index contributed by atoms with van der Waals surface area (Å²) in [5, 5.41) is 11.3. The van der Waals surface area contributed by atoms with E-state index >= 15 is 0 Å². The molecule has 0 aliphatic heterocycles. The summed E-state index contributed by atoms with van der Waals surface area (Å²) in [6, 6.07) is 5.93. The standard InChI is InChI=1S/C12H13NO4/c1-3-17-8(2)11(14)13-10-6-4-5-9(7-10)12(15)16/h4-7H,2-3H2,1H3,(H,13,14)(H,15,16). The van der Waals surface area contributed by atoms with Crippen molar-refractivity contribution in [1.82, 2.24) is 0 Å². The van der Waals surface area contributed by atoms with E-state index in [1.165, 1.54) is 12.1 Å². The molecule has 2 N–H and O–H groups in total. The van der Waals surface area contributed by atoms with Crippen LogP contribution >= 0.6 is 0 Å². The smallest absolute Gasteiger partial charge is 0.335 e. The molecule has 0 saturated heterocycles. The molecular formula is C12H13NO4. The van der Waals surface area contributed by atoms with Crippen molar-refractivity contribution in [2.45, 2.75) is 6.92 Å². The van der Waals surface area contributed by atoms with Crippen LogP contribution in [0.2, 0.25) is 0 Å². The minimum Gasteiger partial charge on any atom is -0.489 e. The summed E-state index contributed by atoms with van der Waals surface area (Å²) in [5.41, 5.74) is 0.487. The molecule has 1 aromatic carbocycles. The van der Waals surface area contributed by atoms with Crippen LogP contribution in [0.1, 0.15) is 17.3 Å². The Morgan fingerprint density at radius 1 is 1.47 bits per heavy atom. The van der Waals surface area contributed by atoms with Crippen LogP contribution in [0.25, 0.3) is 0 Å². The molecular weight excluding hydrogens is 222 g/mol. The molecule has 1 amide bonds. The molecule has 5 heteroatoms. The maximum atomic E-state index is 11.5. The zero-order chi connectivity index (χ0) is 12.8. The largest absolute Gasteiger partial charge is 0.489 e. The number of ether oxygens (including phenoxy) is 1. The highest BCUT2D eigenvalue weighted by atomic mass is 16.5. The summed E-state index contributed by atoms with van der Waals surface area (Å²) < 4.78 is 4.93. The van der Waals surface area contributed by atoms with Crippen LogP contribution in [0.3, 0.4) is 0 Å². The third kappa shape index (κ3) is 3.64. The Balaban J connectivity index is 2.75. The predicted octanol–water partition coefficient (Wildman–Crippen LogP) is 1.87. The molecule has 0 aromatic heterocycles. The third-order valence-electron chi connectivity index (χ3n) is 1.94. The molecule has 0 fully saturated rings. The number of nitrogens with one attached hydrogen (secondary N) is 1. The van der Waals surface area contributed by atoms with Gasteiger partial charge in [-0.25, -0.2) is 4.79 Å². The number of rotatable bonds is 5. The summed E-state index contributed by atoms with van der Waals surface area (Å²) in [4.78, 5) is 22.2. The Hall–Kier alpha value is -2.30. The summed E-state index contributed by atoms with van der Waals surface area (Å²) in [6.45, 7) is 5.54. The number of benzene rings is 1. The molecule has 0 spiro atoms. The van der Waals surface area contributed by atoms with Gasteiger partial charge in [0.15, 0.2) is 5.76 Å². The first kappa shape index (κ1) is 12.8. The van der Waals surface area contributed by atoms with Gasteiger partial charge in [-0.3, -0.25) is 4.79 Å². The average Bonchev–Trinajstić information content (AvgIpc) is 2.29. The molecule has 0 unspecified atom stereocenters. The zero-order valence-corrected chi connectivity index (χ0v) is 9.40. The normalized spacial score (nSPS) is 9.47. The van der Waals surface area contributed by atoms with E-state index in [1.807, 2.05) is 0 Å². The zero-order valence-electron chi connectivity index (χ0n) is 9.40. The lowest BCUT2D eigenvalue weighted by molar-refractivity contribution is -0.116. The highest BCUT2D eigenvalue weighted by Crippen LogP contribution is 2.11. The molecule has 1 rings (SSSR count). The van der Waals surface area contributed by atoms with Crippen molar-refractivity contribution in [2.75, 3.05) is 11.9 Å². The van der Waals surface area contributed by atoms with Crippen LogP contribution in [-0.2, 0) is 9.53 Å². The van der Waals surface area contributed by atoms with E-state index in [-0.39, 0.29) is 11.3 Å². The van der Waals surface area contributed by atoms with Gasteiger partial charge in [-0.2, -0.15) is 0 Å². The van der Waals surface area contributed by atoms with Gasteiger partial charge in [0.1, 0.15) is 0 Å². The van der Waals surface area contributed by atoms with Gasteiger partial charge in [-0.15, -0.1) is 0 Å². The number of carboxylic acids is 1. The molecule has 0 heterocycles. The topological polar surface area (TPSA) is 75.6 Å². The molecule has 0 bridgehead atoms. The van der Waals surface area contributed by atoms with Crippen LogP contribution in [-0.4, -0.2) is 23.6 Å². The number of anilines is 1. The molecule has 17 heavy (non-hydrogen) atoms. The highest BCUT2D eigenvalue weighted by Gasteiger charge is 2.09. The Morgan fingerprint density at radius 3 is 2.76 bits per heavy atom. The number of hydrogen-bond acceptors (Lipinski definition) is 3. The van der Waals surface area contributed by atoms with Crippen LogP contribution < -0.4 is 5.32 Å². The van der Waals surface area contributed by atoms with Gasteiger partial charge in [0.05, 0.1) is 12.2 Å². The van der Waals surface area contributed by atoms with Crippen molar-refractivity contribution < 1.29 is 19.4 Å². The van der Waals surface area contributed by atoms with Crippen LogP contribution in [0, 0.1) is 0 Å². The maximum absolute atomic E-state index is 11.5. The second-order valence-electron chi connectivity index (χ2n) is 3.20. The van der Waals surface area contributed by atoms with Gasteiger partial charge in [0.2, 0.25) is 0 Å². The van der Waals surface area contributed by atoms with Crippen molar-refractivity contribution in [2.24, 2.45) is 0 Å². The molecule has 0 saturated carbocycles. The van der Waals surface area contributed by atoms with Crippen LogP contribution in [0.15, 0.2) is 36.6 Å². The van der Waals surface area contributed by atoms with Crippen molar-refractivity contribution in [1.29, 1.82) is 0 Å². The average molecular weight is 235 g/mol. The summed E-state index contributed by atoms with van der Waals surface area (Å²) in [6.07, 6.45) is 0. The van der Waals surface area contributed by atoms with Crippen molar-refractivity contribution >= 4 is 17.6 Å². The Morgan fingerprint density at radius 2 is 2.18 bits per heavy atom. The quantitative estimate of drug-likeness (QED) is 0.603. The number of aromatic carboxylic acids is 1. The van der Waals surface area contributed by atoms with E-state index < -0.39 is 11.9 Å². The number of amides is 1. The fraction of sp³-hybridized carbons (Fsp3) is 0.167. The molecule has 5 nitrogen and oxygen atoms in total. The van der Waals surface area contributed by atoms with Crippen LogP contribution in [0.5, 0.6) is 0 Å². The van der Waals surface area contributed by atoms with Crippen LogP contribution in [0.4, 0.5) is 5.69 Å². The van der Waals surface area contributed by atoms with E-state index in [4.69, 9.17) is 9.84 Å². The van der Waals surface area contributed by atoms with E-state index in [0.29, 0.717) is 12.3 Å². The number of carbonyl (C=O) groups is 2. The third-order valence-corrected chi connectivity index (χ3v) is 1.94. The van der Waals surface area contributed by atoms with Gasteiger partial charge in [0, 0.05) is 5.69 Å². The van der Waals surface area contributed by atoms with Gasteiger partial charge < -0.3 is 15.2 Å². The fourth-order valence-corrected chi connectivity index (χ4v) is 1.17. The first-order valence-corrected chi connectivity index (χ1v) is 5.01. The van der Waals surface area contributed by atoms with Crippen molar-refractivity contribution in [3.05, 3.63) is 42.2 Å². The number of hydrogen-bond donors (Lipinski definition) is 2. The molecule has 0 aliphatic carbocycles. The van der Waals surface area contributed by atoms with Crippen molar-refractivity contribution in [3.8, 4) is 0 Å². The Labute approximate surface area is 98.7 Å². The Bertz CT molecular complexity index is 454. The molecule has 0 aliphatic rings. The highest BCUT2D eigenvalue weighted by molar-refractivity contribution is 6.02. The molecule has 0 radical (unpaired) electrons. The first-order valence-electron chi connectivity index (χ1n) is 5.01. The minimum atomic E-state index is -1.05. The molecule has 0 atom stereocenters. The SMILES string of the molecule is C=C(OCC)C(=O)Nc1cccc(C(=O)O)c1. The van der Waals surface area contributed by atoms with E-state index in [1.54, 1.807) is 19.1 Å². The summed E-state index contributed by atoms with van der Waals surface area (Å²) in [7, 11) is 0. The summed E-state index contributed by atoms with van der Waals surface area (Å²) in [5.74, 6) is -1.55. The monoisotopic (exact) mass is 235 g/mol. The van der Waals surface area contributed by atoms with Crippen molar-refractivity contribution in [3.63, 3.8) is 0 Å². The summed E-state index contributed by atoms with van der Waals surface area (Å²) >= 11 is 0. The lowest BCUT2D eigenvalue weighted by Gasteiger charge is -2.08. The van der Waals surface area contributed by atoms with E-state index in [9.17, 15) is 9.59 Å². The van der Waals surface area contributed by atoms with E-state index in [0.717, 1.165) is 0 Å². The van der Waals surface area contributed by atoms with Gasteiger partial charge in [0.25, 0.3) is 5.91 Å². The molecule has 90 valence electrons. The minimum absolute atomic E-state index is 0.00627. The second kappa shape index (κ2) is 5.69. The van der Waals surface area contributed by atoms with Gasteiger partial charge in [-0.05, 0) is 25.1 Å². The maximum Gasteiger partial charge on any atom is 0.335 e. The van der Waals surface area contributed by atoms with Gasteiger partial charge in [-0.1, -0.05) is 12.6 Å². The number of carboxylic acid groups (broad SMARTS) is 1. The molecule has 1 aromatic rings. The Kier molecular flexibility index (Phi) is 4.28. The second-order valence-corrected chi connectivity index (χ2v) is 3.20.